The van der Waals surface area contributed by atoms with Crippen molar-refractivity contribution < 1.29 is 31.4 Å². The van der Waals surface area contributed by atoms with Gasteiger partial charge in [-0.25, -0.2) is 4.79 Å². The number of fused-ring (bicyclic) bond motifs is 3. The van der Waals surface area contributed by atoms with Crippen LogP contribution in [0.25, 0.3) is 11.1 Å². The van der Waals surface area contributed by atoms with Gasteiger partial charge in [-0.3, -0.25) is 8.74 Å². The first kappa shape index (κ1) is 24.8. The molecular weight excluding hydrogens is 464 g/mol. The Bertz CT molecular complexity index is 1160. The number of benzene rings is 3. The van der Waals surface area contributed by atoms with Gasteiger partial charge in [-0.15, -0.1) is 0 Å². The zero-order valence-corrected chi connectivity index (χ0v) is 20.1. The summed E-state index contributed by atoms with van der Waals surface area (Å²) < 4.78 is 40.5. The molecule has 0 bridgehead atoms. The summed E-state index contributed by atoms with van der Waals surface area (Å²) in [4.78, 5) is 13.4. The Labute approximate surface area is 196 Å². The van der Waals surface area contributed by atoms with E-state index in [2.05, 4.69) is 41.0 Å². The van der Waals surface area contributed by atoms with E-state index in [9.17, 15) is 13.2 Å². The summed E-state index contributed by atoms with van der Waals surface area (Å²) in [6.45, 7) is 0.262. The number of rotatable bonds is 5. The van der Waals surface area contributed by atoms with Crippen LogP contribution in [0, 0.1) is 0 Å². The Morgan fingerprint density at radius 1 is 0.909 bits per heavy atom. The van der Waals surface area contributed by atoms with Crippen molar-refractivity contribution in [2.24, 2.45) is 0 Å². The van der Waals surface area contributed by atoms with Gasteiger partial charge in [-0.2, -0.15) is 8.42 Å². The van der Waals surface area contributed by atoms with Crippen LogP contribution in [0.2, 0.25) is 0 Å². The lowest BCUT2D eigenvalue weighted by molar-refractivity contribution is 0.0964. The van der Waals surface area contributed by atoms with Gasteiger partial charge in [0, 0.05) is 16.8 Å². The number of carbonyl (C=O) groups is 1. The minimum atomic E-state index is -4.16. The molecule has 174 valence electrons. The SMILES string of the molecule is COS(=O)(=O)O.C[S+](C)c1ccc(OC(=O)OCC2c3ccccc3-c3ccccc32)cc1. The lowest BCUT2D eigenvalue weighted by Crippen LogP contribution is -2.15. The highest BCUT2D eigenvalue weighted by Gasteiger charge is 2.29. The standard InChI is InChI=1S/C23H21O3S.CH4O4S/c1-27(2)17-13-11-16(12-14-17)26-23(24)25-15-22-20-9-5-3-7-18(20)19-8-4-6-10-21(19)22;1-5-6(2,3)4/h3-14,22H,15H2,1-2H3;1H3,(H,2,3,4)/q+1;. The van der Waals surface area contributed by atoms with Crippen LogP contribution >= 0.6 is 0 Å². The van der Waals surface area contributed by atoms with Gasteiger partial charge >= 0.3 is 16.6 Å². The van der Waals surface area contributed by atoms with Crippen molar-refractivity contribution in [3.8, 4) is 16.9 Å². The highest BCUT2D eigenvalue weighted by molar-refractivity contribution is 7.95. The molecule has 4 rings (SSSR count). The fourth-order valence-electron chi connectivity index (χ4n) is 3.50. The zero-order valence-electron chi connectivity index (χ0n) is 18.4. The molecule has 1 aliphatic rings. The fourth-order valence-corrected chi connectivity index (χ4v) is 4.18. The summed E-state index contributed by atoms with van der Waals surface area (Å²) in [7, 11) is -3.11. The second kappa shape index (κ2) is 10.8. The third kappa shape index (κ3) is 6.58. The molecule has 0 aliphatic heterocycles. The smallest absolute Gasteiger partial charge is 0.433 e. The van der Waals surface area contributed by atoms with Crippen molar-refractivity contribution in [1.82, 2.24) is 0 Å². The van der Waals surface area contributed by atoms with E-state index in [1.165, 1.54) is 27.1 Å². The molecule has 1 N–H and O–H groups in total. The first-order valence-electron chi connectivity index (χ1n) is 9.93. The topological polar surface area (TPSA) is 99.1 Å². The molecule has 0 heterocycles. The Hall–Kier alpha value is -2.85. The molecule has 0 spiro atoms. The predicted molar refractivity (Wildman–Crippen MR) is 128 cm³/mol. The summed E-state index contributed by atoms with van der Waals surface area (Å²) in [5.41, 5.74) is 4.79. The van der Waals surface area contributed by atoms with Crippen LogP contribution in [-0.4, -0.2) is 45.4 Å². The summed E-state index contributed by atoms with van der Waals surface area (Å²) in [6.07, 6.45) is 3.64. The molecule has 0 fully saturated rings. The van der Waals surface area contributed by atoms with Crippen molar-refractivity contribution in [3.63, 3.8) is 0 Å². The van der Waals surface area contributed by atoms with Gasteiger partial charge in [0.2, 0.25) is 0 Å². The second-order valence-corrected chi connectivity index (χ2v) is 10.6. The monoisotopic (exact) mass is 489 g/mol. The van der Waals surface area contributed by atoms with Crippen molar-refractivity contribution >= 4 is 27.4 Å². The molecule has 3 aromatic carbocycles. The van der Waals surface area contributed by atoms with Crippen LogP contribution in [0.1, 0.15) is 17.0 Å². The summed E-state index contributed by atoms with van der Waals surface area (Å²) in [5, 5.41) is 0. The molecule has 1 aliphatic carbocycles. The summed E-state index contributed by atoms with van der Waals surface area (Å²) in [5.74, 6) is 0.538. The minimum absolute atomic E-state index is 0.0365. The van der Waals surface area contributed by atoms with E-state index >= 15 is 0 Å². The molecule has 7 nitrogen and oxygen atoms in total. The normalized spacial score (nSPS) is 12.4. The lowest BCUT2D eigenvalue weighted by Gasteiger charge is -2.14. The number of hydrogen-bond acceptors (Lipinski definition) is 6. The van der Waals surface area contributed by atoms with Gasteiger partial charge in [0.25, 0.3) is 0 Å². The number of ether oxygens (including phenoxy) is 2. The van der Waals surface area contributed by atoms with Crippen LogP contribution in [-0.2, 0) is 30.2 Å². The molecule has 0 saturated carbocycles. The average Bonchev–Trinajstić information content (AvgIpc) is 3.12. The first-order chi connectivity index (χ1) is 15.7. The maximum absolute atomic E-state index is 12.2. The van der Waals surface area contributed by atoms with Gasteiger partial charge in [-0.05, 0) is 46.5 Å². The van der Waals surface area contributed by atoms with Crippen LogP contribution in [0.4, 0.5) is 4.79 Å². The largest absolute Gasteiger partial charge is 0.513 e. The Kier molecular flexibility index (Phi) is 8.15. The second-order valence-electron chi connectivity index (χ2n) is 7.27. The van der Waals surface area contributed by atoms with E-state index in [0.29, 0.717) is 5.75 Å². The molecule has 0 amide bonds. The average molecular weight is 490 g/mol. The maximum atomic E-state index is 12.2. The van der Waals surface area contributed by atoms with E-state index < -0.39 is 16.6 Å². The van der Waals surface area contributed by atoms with Crippen molar-refractivity contribution in [2.75, 3.05) is 26.2 Å². The lowest BCUT2D eigenvalue weighted by atomic mass is 9.98. The molecule has 0 atom stereocenters. The van der Waals surface area contributed by atoms with Crippen LogP contribution in [0.5, 0.6) is 5.75 Å². The van der Waals surface area contributed by atoms with E-state index in [1.54, 1.807) is 0 Å². The molecular formula is C24H25O7S2+. The van der Waals surface area contributed by atoms with Crippen molar-refractivity contribution in [3.05, 3.63) is 83.9 Å². The molecule has 33 heavy (non-hydrogen) atoms. The third-order valence-electron chi connectivity index (χ3n) is 5.04. The minimum Gasteiger partial charge on any atom is -0.433 e. The van der Waals surface area contributed by atoms with Gasteiger partial charge in [0.05, 0.1) is 7.11 Å². The summed E-state index contributed by atoms with van der Waals surface area (Å²) >= 11 is 0. The predicted octanol–water partition coefficient (Wildman–Crippen LogP) is 4.69. The molecule has 0 unspecified atom stereocenters. The van der Waals surface area contributed by atoms with Crippen molar-refractivity contribution in [2.45, 2.75) is 10.8 Å². The third-order valence-corrected chi connectivity index (χ3v) is 6.67. The van der Waals surface area contributed by atoms with E-state index in [-0.39, 0.29) is 23.4 Å². The quantitative estimate of drug-likeness (QED) is 0.240. The molecule has 0 radical (unpaired) electrons. The molecule has 9 heteroatoms. The Morgan fingerprint density at radius 3 is 1.85 bits per heavy atom. The van der Waals surface area contributed by atoms with E-state index in [0.717, 1.165) is 7.11 Å². The Balaban J connectivity index is 0.000000454. The fraction of sp³-hybridized carbons (Fsp3) is 0.208. The van der Waals surface area contributed by atoms with E-state index in [4.69, 9.17) is 14.0 Å². The Morgan fingerprint density at radius 2 is 1.39 bits per heavy atom. The zero-order chi connectivity index (χ0) is 24.0. The number of hydrogen-bond donors (Lipinski definition) is 1. The number of carbonyl (C=O) groups excluding carboxylic acids is 1. The van der Waals surface area contributed by atoms with Gasteiger partial charge in [-0.1, -0.05) is 48.5 Å². The maximum Gasteiger partial charge on any atom is 0.513 e. The van der Waals surface area contributed by atoms with Gasteiger partial charge in [0.15, 0.2) is 4.90 Å². The van der Waals surface area contributed by atoms with Gasteiger partial charge in [0.1, 0.15) is 24.9 Å². The first-order valence-corrected chi connectivity index (χ1v) is 13.3. The van der Waals surface area contributed by atoms with Crippen LogP contribution in [0.15, 0.2) is 77.7 Å². The highest BCUT2D eigenvalue weighted by Crippen LogP contribution is 2.44. The molecule has 3 aromatic rings. The van der Waals surface area contributed by atoms with E-state index in [1.807, 2.05) is 48.5 Å². The van der Waals surface area contributed by atoms with Gasteiger partial charge < -0.3 is 9.47 Å². The molecule has 0 aromatic heterocycles. The van der Waals surface area contributed by atoms with Crippen LogP contribution in [0.3, 0.4) is 0 Å². The van der Waals surface area contributed by atoms with Crippen LogP contribution < -0.4 is 4.74 Å². The summed E-state index contributed by atoms with van der Waals surface area (Å²) in [6, 6.07) is 24.1. The highest BCUT2D eigenvalue weighted by atomic mass is 32.3. The van der Waals surface area contributed by atoms with Crippen molar-refractivity contribution in [1.29, 1.82) is 0 Å². The molecule has 0 saturated heterocycles.